The standard InChI is InChI=1S/C12H18N2O3S/c1-2-17-12-6-3-10(7-9(12)8-13)14-18(15,16)11-4-5-11/h3,6-7,11,14H,2,4-5,8,13H2,1H3. The van der Waals surface area contributed by atoms with Crippen LogP contribution in [-0.4, -0.2) is 20.3 Å². The maximum Gasteiger partial charge on any atom is 0.235 e. The van der Waals surface area contributed by atoms with E-state index in [1.165, 1.54) is 0 Å². The molecule has 0 spiro atoms. The second kappa shape index (κ2) is 5.16. The Balaban J connectivity index is 2.19. The van der Waals surface area contributed by atoms with Gasteiger partial charge in [-0.3, -0.25) is 4.72 Å². The normalized spacial score (nSPS) is 15.4. The Morgan fingerprint density at radius 1 is 1.44 bits per heavy atom. The first-order valence-corrected chi connectivity index (χ1v) is 7.59. The third kappa shape index (κ3) is 2.94. The predicted molar refractivity (Wildman–Crippen MR) is 71.1 cm³/mol. The van der Waals surface area contributed by atoms with E-state index in [9.17, 15) is 8.42 Å². The Bertz CT molecular complexity index is 524. The molecule has 1 saturated carbocycles. The zero-order valence-electron chi connectivity index (χ0n) is 10.3. The van der Waals surface area contributed by atoms with Crippen molar-refractivity contribution < 1.29 is 13.2 Å². The molecule has 0 radical (unpaired) electrons. The molecule has 0 bridgehead atoms. The van der Waals surface area contributed by atoms with Gasteiger partial charge in [0.1, 0.15) is 5.75 Å². The molecule has 3 N–H and O–H groups in total. The average Bonchev–Trinajstić information content (AvgIpc) is 3.15. The van der Waals surface area contributed by atoms with Gasteiger partial charge < -0.3 is 10.5 Å². The Morgan fingerprint density at radius 2 is 2.17 bits per heavy atom. The minimum atomic E-state index is -3.22. The van der Waals surface area contributed by atoms with Crippen molar-refractivity contribution in [2.75, 3.05) is 11.3 Å². The second-order valence-electron chi connectivity index (χ2n) is 4.31. The molecule has 0 atom stereocenters. The van der Waals surface area contributed by atoms with E-state index in [0.717, 1.165) is 18.4 Å². The Morgan fingerprint density at radius 3 is 2.72 bits per heavy atom. The number of nitrogens with two attached hydrogens (primary N) is 1. The first kappa shape index (κ1) is 13.2. The smallest absolute Gasteiger partial charge is 0.235 e. The third-order valence-corrected chi connectivity index (χ3v) is 4.67. The summed E-state index contributed by atoms with van der Waals surface area (Å²) in [5, 5.41) is -0.231. The highest BCUT2D eigenvalue weighted by Crippen LogP contribution is 2.30. The highest BCUT2D eigenvalue weighted by Gasteiger charge is 2.35. The molecule has 1 fully saturated rings. The summed E-state index contributed by atoms with van der Waals surface area (Å²) in [6.07, 6.45) is 1.49. The maximum absolute atomic E-state index is 11.8. The molecule has 5 nitrogen and oxygen atoms in total. The molecule has 100 valence electrons. The van der Waals surface area contributed by atoms with Gasteiger partial charge in [0.15, 0.2) is 0 Å². The fraction of sp³-hybridized carbons (Fsp3) is 0.500. The predicted octanol–water partition coefficient (Wildman–Crippen LogP) is 1.45. The Labute approximate surface area is 107 Å². The van der Waals surface area contributed by atoms with Crippen molar-refractivity contribution in [1.29, 1.82) is 0 Å². The SMILES string of the molecule is CCOc1ccc(NS(=O)(=O)C2CC2)cc1CN. The molecule has 0 saturated heterocycles. The molecule has 0 unspecified atom stereocenters. The molecule has 2 rings (SSSR count). The number of benzene rings is 1. The largest absolute Gasteiger partial charge is 0.494 e. The van der Waals surface area contributed by atoms with Crippen LogP contribution in [0, 0.1) is 0 Å². The lowest BCUT2D eigenvalue weighted by atomic mass is 10.2. The van der Waals surface area contributed by atoms with Gasteiger partial charge in [-0.25, -0.2) is 8.42 Å². The summed E-state index contributed by atoms with van der Waals surface area (Å²) in [4.78, 5) is 0. The quantitative estimate of drug-likeness (QED) is 0.819. The minimum absolute atomic E-state index is 0.231. The van der Waals surface area contributed by atoms with E-state index in [1.807, 2.05) is 6.92 Å². The van der Waals surface area contributed by atoms with E-state index in [1.54, 1.807) is 18.2 Å². The molecule has 0 heterocycles. The van der Waals surface area contributed by atoms with Crippen LogP contribution >= 0.6 is 0 Å². The molecule has 18 heavy (non-hydrogen) atoms. The van der Waals surface area contributed by atoms with Gasteiger partial charge in [-0.1, -0.05) is 0 Å². The Hall–Kier alpha value is -1.27. The van der Waals surface area contributed by atoms with E-state index in [4.69, 9.17) is 10.5 Å². The van der Waals surface area contributed by atoms with Crippen LogP contribution in [0.5, 0.6) is 5.75 Å². The van der Waals surface area contributed by atoms with Gasteiger partial charge in [0.25, 0.3) is 0 Å². The van der Waals surface area contributed by atoms with E-state index < -0.39 is 10.0 Å². The molecule has 1 aliphatic rings. The minimum Gasteiger partial charge on any atom is -0.494 e. The number of hydrogen-bond donors (Lipinski definition) is 2. The fourth-order valence-corrected chi connectivity index (χ4v) is 3.10. The molecule has 1 aromatic carbocycles. The van der Waals surface area contributed by atoms with Crippen molar-refractivity contribution in [3.05, 3.63) is 23.8 Å². The van der Waals surface area contributed by atoms with E-state index in [0.29, 0.717) is 24.6 Å². The van der Waals surface area contributed by atoms with Crippen LogP contribution in [0.2, 0.25) is 0 Å². The van der Waals surface area contributed by atoms with Crippen LogP contribution in [-0.2, 0) is 16.6 Å². The number of nitrogens with one attached hydrogen (secondary N) is 1. The van der Waals surface area contributed by atoms with Crippen LogP contribution in [0.25, 0.3) is 0 Å². The van der Waals surface area contributed by atoms with Crippen LogP contribution in [0.4, 0.5) is 5.69 Å². The fourth-order valence-electron chi connectivity index (χ4n) is 1.72. The van der Waals surface area contributed by atoms with Crippen molar-refractivity contribution in [2.45, 2.75) is 31.6 Å². The molecular weight excluding hydrogens is 252 g/mol. The van der Waals surface area contributed by atoms with Crippen molar-refractivity contribution >= 4 is 15.7 Å². The topological polar surface area (TPSA) is 81.4 Å². The van der Waals surface area contributed by atoms with Gasteiger partial charge in [-0.15, -0.1) is 0 Å². The number of ether oxygens (including phenoxy) is 1. The van der Waals surface area contributed by atoms with Crippen molar-refractivity contribution in [3.63, 3.8) is 0 Å². The van der Waals surface area contributed by atoms with Crippen molar-refractivity contribution in [3.8, 4) is 5.75 Å². The second-order valence-corrected chi connectivity index (χ2v) is 6.27. The lowest BCUT2D eigenvalue weighted by Crippen LogP contribution is -2.17. The number of anilines is 1. The molecule has 1 aromatic rings. The third-order valence-electron chi connectivity index (χ3n) is 2.80. The molecule has 6 heteroatoms. The number of sulfonamides is 1. The highest BCUT2D eigenvalue weighted by molar-refractivity contribution is 7.93. The van der Waals surface area contributed by atoms with Crippen LogP contribution in [0.15, 0.2) is 18.2 Å². The Kier molecular flexibility index (Phi) is 3.77. The molecule has 1 aliphatic carbocycles. The molecular formula is C12H18N2O3S. The monoisotopic (exact) mass is 270 g/mol. The van der Waals surface area contributed by atoms with Crippen molar-refractivity contribution in [1.82, 2.24) is 0 Å². The first-order chi connectivity index (χ1) is 8.56. The summed E-state index contributed by atoms with van der Waals surface area (Å²) in [5.41, 5.74) is 6.97. The molecule has 0 aliphatic heterocycles. The lowest BCUT2D eigenvalue weighted by Gasteiger charge is -2.12. The molecule has 0 amide bonds. The summed E-state index contributed by atoms with van der Waals surface area (Å²) >= 11 is 0. The van der Waals surface area contributed by atoms with Gasteiger partial charge in [0.2, 0.25) is 10.0 Å². The van der Waals surface area contributed by atoms with E-state index in [-0.39, 0.29) is 5.25 Å². The van der Waals surface area contributed by atoms with Gasteiger partial charge in [0.05, 0.1) is 11.9 Å². The number of rotatable bonds is 6. The van der Waals surface area contributed by atoms with Crippen LogP contribution in [0.3, 0.4) is 0 Å². The van der Waals surface area contributed by atoms with Gasteiger partial charge >= 0.3 is 0 Å². The van der Waals surface area contributed by atoms with Crippen LogP contribution in [0.1, 0.15) is 25.3 Å². The van der Waals surface area contributed by atoms with Crippen LogP contribution < -0.4 is 15.2 Å². The summed E-state index contributed by atoms with van der Waals surface area (Å²) in [5.74, 6) is 0.703. The van der Waals surface area contributed by atoms with E-state index >= 15 is 0 Å². The van der Waals surface area contributed by atoms with Crippen molar-refractivity contribution in [2.24, 2.45) is 5.73 Å². The summed E-state index contributed by atoms with van der Waals surface area (Å²) < 4.78 is 31.6. The average molecular weight is 270 g/mol. The van der Waals surface area contributed by atoms with Gasteiger partial charge in [-0.2, -0.15) is 0 Å². The lowest BCUT2D eigenvalue weighted by molar-refractivity contribution is 0.336. The van der Waals surface area contributed by atoms with E-state index in [2.05, 4.69) is 4.72 Å². The maximum atomic E-state index is 11.8. The summed E-state index contributed by atoms with van der Waals surface area (Å²) in [6, 6.07) is 5.17. The zero-order chi connectivity index (χ0) is 13.2. The number of hydrogen-bond acceptors (Lipinski definition) is 4. The van der Waals surface area contributed by atoms with Gasteiger partial charge in [-0.05, 0) is 38.0 Å². The molecule has 0 aromatic heterocycles. The van der Waals surface area contributed by atoms with Gasteiger partial charge in [0, 0.05) is 17.8 Å². The summed E-state index contributed by atoms with van der Waals surface area (Å²) in [7, 11) is -3.22. The highest BCUT2D eigenvalue weighted by atomic mass is 32.2. The zero-order valence-corrected chi connectivity index (χ0v) is 11.2. The first-order valence-electron chi connectivity index (χ1n) is 6.04. The summed E-state index contributed by atoms with van der Waals surface area (Å²) in [6.45, 7) is 2.76.